The average Bonchev–Trinajstić information content (AvgIpc) is 3.83. The molecule has 444 valence electrons. The van der Waals surface area contributed by atoms with Gasteiger partial charge in [-0.05, 0) is 188 Å². The Morgan fingerprint density at radius 3 is 1.40 bits per heavy atom. The van der Waals surface area contributed by atoms with E-state index < -0.39 is 24.9 Å². The normalized spacial score (nSPS) is 14.0. The number of imidazole rings is 2. The number of fused-ring (bicyclic) bond motifs is 2. The van der Waals surface area contributed by atoms with Crippen molar-refractivity contribution >= 4 is 64.6 Å². The minimum atomic E-state index is -2.89. The minimum Gasteiger partial charge on any atom is -0.465 e. The third-order valence-electron chi connectivity index (χ3n) is 15.2. The van der Waals surface area contributed by atoms with Crippen LogP contribution in [-0.4, -0.2) is 124 Å². The van der Waals surface area contributed by atoms with E-state index in [0.29, 0.717) is 72.1 Å². The molecule has 3 amide bonds. The van der Waals surface area contributed by atoms with Crippen LogP contribution in [0.15, 0.2) is 122 Å². The highest BCUT2D eigenvalue weighted by molar-refractivity contribution is 5.97. The molecule has 0 aliphatic carbocycles. The monoisotopic (exact) mass is 1180 g/mol. The third-order valence-corrected chi connectivity index (χ3v) is 15.2. The van der Waals surface area contributed by atoms with Gasteiger partial charge in [0, 0.05) is 96.7 Å². The Bertz CT molecular complexity index is 3550. The molecule has 0 spiro atoms. The zero-order valence-corrected chi connectivity index (χ0v) is 48.2. The number of anilines is 4. The number of benzene rings is 4. The number of piperidine rings is 2. The summed E-state index contributed by atoms with van der Waals surface area (Å²) >= 11 is 0. The van der Waals surface area contributed by atoms with Crippen molar-refractivity contribution in [1.82, 2.24) is 43.4 Å². The fraction of sp³-hybridized carbons (Fsp3) is 0.361. The predicted molar refractivity (Wildman–Crippen MR) is 316 cm³/mol. The standard InChI is InChI=1S/C33H38F2N6O4.C28H30F2N6O2.ClH/c1-21-19-24(7-10-26(21)30(42)39-15-11-22(12-16-39)13-17-41(32(43)44)33(2,3)4)38-28-29-37-20-27(40(29)18-14-36-28)23-5-8-25(9-6-23)45-31(34)35;1-18-16-21(4-7-23(18)27(37)35-13-9-19(8-11-31)10-14-35)34-25-26-33-17-24(36(26)15-12-32-25)20-2-5-22(6-3-20)38-28(29)30;/h5-10,14,18-20,22,31H,11-13,15-17H2,1-4H3,(H,36,38)(H,43,44);2-7,12,15-17,19,28H,8-11,13-14,31H2,1H3,(H,32,34);1H. The van der Waals surface area contributed by atoms with E-state index >= 15 is 0 Å². The van der Waals surface area contributed by atoms with Gasteiger partial charge in [-0.2, -0.15) is 17.6 Å². The van der Waals surface area contributed by atoms with Gasteiger partial charge < -0.3 is 45.6 Å². The number of carbonyl (C=O) groups is 3. The van der Waals surface area contributed by atoms with Gasteiger partial charge >= 0.3 is 19.3 Å². The summed E-state index contributed by atoms with van der Waals surface area (Å²) in [7, 11) is 0. The van der Waals surface area contributed by atoms with Crippen molar-refractivity contribution < 1.29 is 46.5 Å². The zero-order valence-electron chi connectivity index (χ0n) is 47.4. The number of nitrogens with one attached hydrogen (secondary N) is 2. The molecule has 8 aromatic rings. The first kappa shape index (κ1) is 61.6. The second-order valence-corrected chi connectivity index (χ2v) is 21.8. The van der Waals surface area contributed by atoms with Crippen molar-refractivity contribution in [3.63, 3.8) is 0 Å². The number of alkyl halides is 4. The van der Waals surface area contributed by atoms with Crippen LogP contribution in [0.1, 0.15) is 91.1 Å². The van der Waals surface area contributed by atoms with Crippen molar-refractivity contribution in [2.24, 2.45) is 17.6 Å². The van der Waals surface area contributed by atoms with Crippen molar-refractivity contribution in [3.05, 3.63) is 144 Å². The molecule has 6 heterocycles. The van der Waals surface area contributed by atoms with Crippen LogP contribution in [0, 0.1) is 25.7 Å². The molecule has 2 aliphatic heterocycles. The lowest BCUT2D eigenvalue weighted by Crippen LogP contribution is -2.46. The highest BCUT2D eigenvalue weighted by Crippen LogP contribution is 2.32. The first-order valence-electron chi connectivity index (χ1n) is 27.6. The van der Waals surface area contributed by atoms with Crippen LogP contribution in [0.3, 0.4) is 0 Å². The smallest absolute Gasteiger partial charge is 0.407 e. The van der Waals surface area contributed by atoms with Crippen LogP contribution >= 0.6 is 12.4 Å². The summed E-state index contributed by atoms with van der Waals surface area (Å²) < 4.78 is 62.6. The molecule has 4 aromatic carbocycles. The third kappa shape index (κ3) is 14.8. The second kappa shape index (κ2) is 27.3. The highest BCUT2D eigenvalue weighted by Gasteiger charge is 2.30. The number of rotatable bonds is 17. The summed E-state index contributed by atoms with van der Waals surface area (Å²) in [4.78, 5) is 61.5. The zero-order chi connectivity index (χ0) is 59.0. The number of carbonyl (C=O) groups excluding carboxylic acids is 2. The van der Waals surface area contributed by atoms with E-state index in [0.717, 1.165) is 96.6 Å². The second-order valence-electron chi connectivity index (χ2n) is 21.8. The fourth-order valence-corrected chi connectivity index (χ4v) is 10.7. The Morgan fingerprint density at radius 1 is 0.643 bits per heavy atom. The number of nitrogens with zero attached hydrogens (tertiary/aromatic N) is 9. The predicted octanol–water partition coefficient (Wildman–Crippen LogP) is 12.7. The fourth-order valence-electron chi connectivity index (χ4n) is 10.7. The molecular weight excluding hydrogens is 1110 g/mol. The summed E-state index contributed by atoms with van der Waals surface area (Å²) in [5.74, 6) is 2.28. The summed E-state index contributed by atoms with van der Waals surface area (Å²) in [5, 5.41) is 16.2. The Kier molecular flexibility index (Phi) is 20.0. The number of ether oxygens (including phenoxy) is 2. The van der Waals surface area contributed by atoms with Gasteiger partial charge in [-0.3, -0.25) is 18.4 Å². The molecule has 2 saturated heterocycles. The highest BCUT2D eigenvalue weighted by atomic mass is 35.5. The number of halogens is 5. The van der Waals surface area contributed by atoms with E-state index in [1.807, 2.05) is 89.6 Å². The first-order valence-corrected chi connectivity index (χ1v) is 27.6. The van der Waals surface area contributed by atoms with E-state index in [2.05, 4.69) is 40.0 Å². The first-order chi connectivity index (χ1) is 39.8. The molecule has 0 saturated carbocycles. The molecule has 0 bridgehead atoms. The van der Waals surface area contributed by atoms with Gasteiger partial charge in [-0.1, -0.05) is 0 Å². The number of amides is 3. The van der Waals surface area contributed by atoms with Crippen molar-refractivity contribution in [2.45, 2.75) is 91.9 Å². The van der Waals surface area contributed by atoms with E-state index in [4.69, 9.17) is 5.73 Å². The van der Waals surface area contributed by atoms with Crippen LogP contribution in [0.2, 0.25) is 0 Å². The van der Waals surface area contributed by atoms with Gasteiger partial charge in [0.2, 0.25) is 0 Å². The molecule has 0 radical (unpaired) electrons. The lowest BCUT2D eigenvalue weighted by Gasteiger charge is -2.36. The molecule has 2 aliphatic rings. The molecule has 0 atom stereocenters. The Morgan fingerprint density at radius 2 is 1.05 bits per heavy atom. The van der Waals surface area contributed by atoms with E-state index in [1.54, 1.807) is 61.4 Å². The molecule has 18 nitrogen and oxygen atoms in total. The molecule has 23 heteroatoms. The summed E-state index contributed by atoms with van der Waals surface area (Å²) in [6.45, 7) is 7.77. The number of aromatic nitrogens is 6. The Balaban J connectivity index is 0.000000219. The summed E-state index contributed by atoms with van der Waals surface area (Å²) in [6.07, 6.45) is 14.8. The number of hydrogen-bond acceptors (Lipinski definition) is 12. The van der Waals surface area contributed by atoms with Crippen LogP contribution in [-0.2, 0) is 0 Å². The van der Waals surface area contributed by atoms with Crippen molar-refractivity contribution in [3.8, 4) is 34.0 Å². The number of nitrogens with two attached hydrogens (primary N) is 1. The molecule has 2 fully saturated rings. The average molecular weight is 1180 g/mol. The van der Waals surface area contributed by atoms with Crippen molar-refractivity contribution in [1.29, 1.82) is 0 Å². The number of aryl methyl sites for hydroxylation is 2. The molecule has 4 aromatic heterocycles. The van der Waals surface area contributed by atoms with Gasteiger partial charge in [-0.15, -0.1) is 12.4 Å². The lowest BCUT2D eigenvalue weighted by atomic mass is 9.92. The Labute approximate surface area is 490 Å². The van der Waals surface area contributed by atoms with Gasteiger partial charge in [0.25, 0.3) is 11.8 Å². The van der Waals surface area contributed by atoms with E-state index in [-0.39, 0.29) is 35.7 Å². The van der Waals surface area contributed by atoms with Crippen LogP contribution < -0.4 is 25.8 Å². The maximum Gasteiger partial charge on any atom is 0.407 e. The van der Waals surface area contributed by atoms with E-state index in [9.17, 15) is 37.1 Å². The van der Waals surface area contributed by atoms with Gasteiger partial charge in [0.1, 0.15) is 11.5 Å². The van der Waals surface area contributed by atoms with Crippen molar-refractivity contribution in [2.75, 3.05) is 49.9 Å². The maximum atomic E-state index is 13.4. The molecule has 84 heavy (non-hydrogen) atoms. The van der Waals surface area contributed by atoms with Gasteiger partial charge in [-0.25, -0.2) is 24.7 Å². The van der Waals surface area contributed by atoms with Crippen LogP contribution in [0.5, 0.6) is 11.5 Å². The summed E-state index contributed by atoms with van der Waals surface area (Å²) in [5.41, 5.74) is 14.1. The minimum absolute atomic E-state index is 0. The lowest BCUT2D eigenvalue weighted by molar-refractivity contribution is -0.0505. The Hall–Kier alpha value is -8.50. The van der Waals surface area contributed by atoms with Gasteiger partial charge in [0.05, 0.1) is 23.8 Å². The van der Waals surface area contributed by atoms with Gasteiger partial charge in [0.15, 0.2) is 22.9 Å². The summed E-state index contributed by atoms with van der Waals surface area (Å²) in [6, 6.07) is 24.0. The number of likely N-dealkylation sites (tertiary alicyclic amines) is 2. The molecular formula is C61H69ClF4N12O6. The largest absolute Gasteiger partial charge is 0.465 e. The number of carboxylic acid groups (broad SMARTS) is 1. The van der Waals surface area contributed by atoms with Crippen LogP contribution in [0.25, 0.3) is 33.8 Å². The molecule has 10 rings (SSSR count). The number of hydrogen-bond donors (Lipinski definition) is 4. The molecule has 0 unspecified atom stereocenters. The maximum absolute atomic E-state index is 13.4. The topological polar surface area (TPSA) is 210 Å². The molecule has 5 N–H and O–H groups in total. The van der Waals surface area contributed by atoms with E-state index in [1.165, 1.54) is 29.2 Å². The SMILES string of the molecule is Cc1cc(Nc2nccn3c(-c4ccc(OC(F)F)cc4)cnc23)ccc1C(=O)N1CCC(CCN(C(=O)O)C(C)(C)C)CC1.Cc1cc(Nc2nccn3c(-c4ccc(OC(F)F)cc4)cnc23)ccc1C(=O)N1CCC(CCN)CC1.Cl. The quantitative estimate of drug-likeness (QED) is 0.0626. The van der Waals surface area contributed by atoms with Crippen LogP contribution in [0.4, 0.5) is 45.4 Å².